The molecule has 0 radical (unpaired) electrons. The van der Waals surface area contributed by atoms with Gasteiger partial charge in [0.1, 0.15) is 11.6 Å². The number of likely N-dealkylation sites (tertiary alicyclic amines) is 1. The summed E-state index contributed by atoms with van der Waals surface area (Å²) in [6.45, 7) is 8.42. The third-order valence-electron chi connectivity index (χ3n) is 4.48. The topological polar surface area (TPSA) is 39.7 Å². The molecule has 1 aromatic carbocycles. The highest BCUT2D eigenvalue weighted by Crippen LogP contribution is 2.12. The number of rotatable bonds is 6. The lowest BCUT2D eigenvalue weighted by atomic mass is 10.0. The van der Waals surface area contributed by atoms with Gasteiger partial charge in [-0.2, -0.15) is 0 Å². The molecule has 4 nitrogen and oxygen atoms in total. The van der Waals surface area contributed by atoms with Crippen molar-refractivity contribution in [2.45, 2.75) is 39.2 Å². The number of nitrogens with one attached hydrogen (secondary N) is 2. The Morgan fingerprint density at radius 1 is 1.27 bits per heavy atom. The van der Waals surface area contributed by atoms with E-state index in [0.29, 0.717) is 30.5 Å². The second kappa shape index (κ2) is 11.7. The number of hydrogen-bond donors (Lipinski definition) is 2. The number of aliphatic imine (C=N–C) groups is 1. The molecule has 0 atom stereocenters. The molecule has 26 heavy (non-hydrogen) atoms. The lowest BCUT2D eigenvalue weighted by Crippen LogP contribution is -2.49. The molecule has 1 heterocycles. The highest BCUT2D eigenvalue weighted by Gasteiger charge is 2.20. The molecule has 2 rings (SSSR count). The van der Waals surface area contributed by atoms with Gasteiger partial charge in [-0.15, -0.1) is 24.0 Å². The van der Waals surface area contributed by atoms with E-state index in [4.69, 9.17) is 0 Å². The number of piperidine rings is 1. The van der Waals surface area contributed by atoms with Gasteiger partial charge in [-0.1, -0.05) is 19.9 Å². The fourth-order valence-electron chi connectivity index (χ4n) is 3.20. The van der Waals surface area contributed by atoms with E-state index >= 15 is 0 Å². The van der Waals surface area contributed by atoms with Crippen molar-refractivity contribution in [3.63, 3.8) is 0 Å². The summed E-state index contributed by atoms with van der Waals surface area (Å²) in [5.74, 6) is 0.397. The summed E-state index contributed by atoms with van der Waals surface area (Å²) >= 11 is 0. The molecule has 148 valence electrons. The first-order chi connectivity index (χ1) is 12.0. The zero-order valence-electron chi connectivity index (χ0n) is 15.9. The quantitative estimate of drug-likeness (QED) is 0.373. The van der Waals surface area contributed by atoms with Gasteiger partial charge < -0.3 is 15.5 Å². The van der Waals surface area contributed by atoms with Crippen LogP contribution in [0.4, 0.5) is 8.78 Å². The Morgan fingerprint density at radius 3 is 2.54 bits per heavy atom. The molecule has 0 aliphatic carbocycles. The Balaban J connectivity index is 0.00000338. The van der Waals surface area contributed by atoms with Gasteiger partial charge in [0.2, 0.25) is 0 Å². The van der Waals surface area contributed by atoms with Gasteiger partial charge in [0.15, 0.2) is 5.96 Å². The molecule has 1 aliphatic rings. The second-order valence-corrected chi connectivity index (χ2v) is 7.10. The number of benzene rings is 1. The largest absolute Gasteiger partial charge is 0.356 e. The molecular formula is C19H31F2IN4. The average Bonchev–Trinajstić information content (AvgIpc) is 2.57. The Hall–Kier alpha value is -0.960. The Morgan fingerprint density at radius 2 is 1.96 bits per heavy atom. The maximum Gasteiger partial charge on any atom is 0.191 e. The predicted octanol–water partition coefficient (Wildman–Crippen LogP) is 3.41. The van der Waals surface area contributed by atoms with Gasteiger partial charge in [-0.3, -0.25) is 4.99 Å². The summed E-state index contributed by atoms with van der Waals surface area (Å²) in [5.41, 5.74) is 0.506. The standard InChI is InChI=1S/C19H30F2N4.HI/c1-14(2)13-25-10-7-17(8-11-25)24-19(22-3)23-9-6-15-4-5-16(20)12-18(15)21;/h4-5,12,14,17H,6-11,13H2,1-3H3,(H2,22,23,24);1H. The summed E-state index contributed by atoms with van der Waals surface area (Å²) in [6, 6.07) is 4.12. The zero-order chi connectivity index (χ0) is 18.2. The Kier molecular flexibility index (Phi) is 10.4. The van der Waals surface area contributed by atoms with Crippen LogP contribution in [0.3, 0.4) is 0 Å². The van der Waals surface area contributed by atoms with Crippen molar-refractivity contribution >= 4 is 29.9 Å². The molecule has 0 unspecified atom stereocenters. The van der Waals surface area contributed by atoms with Crippen molar-refractivity contribution in [1.82, 2.24) is 15.5 Å². The Labute approximate surface area is 172 Å². The smallest absolute Gasteiger partial charge is 0.191 e. The van der Waals surface area contributed by atoms with Crippen molar-refractivity contribution in [3.8, 4) is 0 Å². The number of hydrogen-bond acceptors (Lipinski definition) is 2. The molecule has 2 N–H and O–H groups in total. The number of nitrogens with zero attached hydrogens (tertiary/aromatic N) is 2. The van der Waals surface area contributed by atoms with Crippen LogP contribution in [-0.2, 0) is 6.42 Å². The van der Waals surface area contributed by atoms with Gasteiger partial charge in [0.25, 0.3) is 0 Å². The number of halogens is 3. The van der Waals surface area contributed by atoms with Crippen molar-refractivity contribution < 1.29 is 8.78 Å². The first-order valence-corrected chi connectivity index (χ1v) is 9.11. The minimum Gasteiger partial charge on any atom is -0.356 e. The highest BCUT2D eigenvalue weighted by molar-refractivity contribution is 14.0. The van der Waals surface area contributed by atoms with Crippen LogP contribution in [0, 0.1) is 17.6 Å². The van der Waals surface area contributed by atoms with Gasteiger partial charge in [0.05, 0.1) is 0 Å². The van der Waals surface area contributed by atoms with Crippen LogP contribution in [0.1, 0.15) is 32.3 Å². The van der Waals surface area contributed by atoms with Crippen LogP contribution >= 0.6 is 24.0 Å². The normalized spacial score (nSPS) is 16.5. The lowest BCUT2D eigenvalue weighted by molar-refractivity contribution is 0.187. The van der Waals surface area contributed by atoms with E-state index in [1.54, 1.807) is 7.05 Å². The zero-order valence-corrected chi connectivity index (χ0v) is 18.2. The molecule has 0 aromatic heterocycles. The van der Waals surface area contributed by atoms with Gasteiger partial charge in [-0.05, 0) is 36.8 Å². The summed E-state index contributed by atoms with van der Waals surface area (Å²) in [7, 11) is 1.74. The molecule has 0 saturated carbocycles. The first-order valence-electron chi connectivity index (χ1n) is 9.11. The van der Waals surface area contributed by atoms with E-state index in [9.17, 15) is 8.78 Å². The van der Waals surface area contributed by atoms with Gasteiger partial charge in [0, 0.05) is 45.3 Å². The maximum atomic E-state index is 13.6. The molecule has 1 aromatic rings. The van der Waals surface area contributed by atoms with Crippen LogP contribution in [0.15, 0.2) is 23.2 Å². The van der Waals surface area contributed by atoms with Crippen molar-refractivity contribution in [2.75, 3.05) is 33.2 Å². The second-order valence-electron chi connectivity index (χ2n) is 7.10. The summed E-state index contributed by atoms with van der Waals surface area (Å²) in [4.78, 5) is 6.75. The van der Waals surface area contributed by atoms with Crippen LogP contribution in [-0.4, -0.2) is 50.1 Å². The van der Waals surface area contributed by atoms with E-state index in [2.05, 4.69) is 34.4 Å². The fraction of sp³-hybridized carbons (Fsp3) is 0.632. The summed E-state index contributed by atoms with van der Waals surface area (Å²) in [6.07, 6.45) is 2.68. The van der Waals surface area contributed by atoms with E-state index < -0.39 is 11.6 Å². The van der Waals surface area contributed by atoms with E-state index in [-0.39, 0.29) is 24.0 Å². The van der Waals surface area contributed by atoms with Crippen LogP contribution in [0.2, 0.25) is 0 Å². The summed E-state index contributed by atoms with van der Waals surface area (Å²) in [5, 5.41) is 6.66. The minimum absolute atomic E-state index is 0. The van der Waals surface area contributed by atoms with E-state index in [0.717, 1.165) is 44.5 Å². The van der Waals surface area contributed by atoms with Crippen molar-refractivity contribution in [3.05, 3.63) is 35.4 Å². The molecule has 7 heteroatoms. The van der Waals surface area contributed by atoms with E-state index in [1.165, 1.54) is 12.1 Å². The van der Waals surface area contributed by atoms with Crippen molar-refractivity contribution in [2.24, 2.45) is 10.9 Å². The van der Waals surface area contributed by atoms with Crippen molar-refractivity contribution in [1.29, 1.82) is 0 Å². The van der Waals surface area contributed by atoms with Gasteiger partial charge >= 0.3 is 0 Å². The average molecular weight is 480 g/mol. The monoisotopic (exact) mass is 480 g/mol. The molecule has 1 saturated heterocycles. The molecular weight excluding hydrogens is 449 g/mol. The van der Waals surface area contributed by atoms with Crippen LogP contribution < -0.4 is 10.6 Å². The maximum absolute atomic E-state index is 13.6. The predicted molar refractivity (Wildman–Crippen MR) is 114 cm³/mol. The van der Waals surface area contributed by atoms with Gasteiger partial charge in [-0.25, -0.2) is 8.78 Å². The molecule has 1 aliphatic heterocycles. The highest BCUT2D eigenvalue weighted by atomic mass is 127. The summed E-state index contributed by atoms with van der Waals surface area (Å²) < 4.78 is 26.6. The molecule has 0 bridgehead atoms. The van der Waals surface area contributed by atoms with Crippen LogP contribution in [0.5, 0.6) is 0 Å². The minimum atomic E-state index is -0.546. The third-order valence-corrected chi connectivity index (χ3v) is 4.48. The number of guanidine groups is 1. The molecule has 0 amide bonds. The van der Waals surface area contributed by atoms with Crippen LogP contribution in [0.25, 0.3) is 0 Å². The lowest BCUT2D eigenvalue weighted by Gasteiger charge is -2.34. The molecule has 1 fully saturated rings. The first kappa shape index (κ1) is 23.1. The third kappa shape index (κ3) is 7.73. The Bertz CT molecular complexity index is 573. The SMILES string of the molecule is CN=C(NCCc1ccc(F)cc1F)NC1CCN(CC(C)C)CC1.I. The molecule has 0 spiro atoms. The fourth-order valence-corrected chi connectivity index (χ4v) is 3.20. The van der Waals surface area contributed by atoms with E-state index in [1.807, 2.05) is 0 Å².